The van der Waals surface area contributed by atoms with Gasteiger partial charge in [-0.2, -0.15) is 0 Å². The lowest BCUT2D eigenvalue weighted by molar-refractivity contribution is -0.151. The molecule has 1 saturated heterocycles. The average Bonchev–Trinajstić information content (AvgIpc) is 2.43. The van der Waals surface area contributed by atoms with Gasteiger partial charge in [0.1, 0.15) is 5.82 Å². The predicted octanol–water partition coefficient (Wildman–Crippen LogP) is 3.46. The fourth-order valence-electron chi connectivity index (χ4n) is 3.03. The van der Waals surface area contributed by atoms with Crippen LogP contribution in [0.3, 0.4) is 0 Å². The molecule has 2 rings (SSSR count). The first kappa shape index (κ1) is 16.0. The van der Waals surface area contributed by atoms with Crippen LogP contribution in [0.2, 0.25) is 0 Å². The highest BCUT2D eigenvalue weighted by Crippen LogP contribution is 2.34. The lowest BCUT2D eigenvalue weighted by Gasteiger charge is -2.39. The molecule has 1 aliphatic rings. The maximum Gasteiger partial charge on any atom is 0.309 e. The topological polar surface area (TPSA) is 40.5 Å². The monoisotopic (exact) mass is 293 g/mol. The van der Waals surface area contributed by atoms with Crippen LogP contribution in [-0.2, 0) is 11.3 Å². The van der Waals surface area contributed by atoms with Gasteiger partial charge >= 0.3 is 5.97 Å². The van der Waals surface area contributed by atoms with E-state index in [-0.39, 0.29) is 11.7 Å². The summed E-state index contributed by atoms with van der Waals surface area (Å²) >= 11 is 0. The SMILES string of the molecule is Cc1cc(CN2CCCC(C(C)(C)C(=O)O)C2)ccc1F. The minimum atomic E-state index is -0.730. The number of carboxylic acid groups (broad SMARTS) is 1. The van der Waals surface area contributed by atoms with Crippen molar-refractivity contribution in [3.8, 4) is 0 Å². The number of hydrogen-bond donors (Lipinski definition) is 1. The van der Waals surface area contributed by atoms with Gasteiger partial charge in [-0.05, 0) is 63.3 Å². The van der Waals surface area contributed by atoms with Crippen molar-refractivity contribution < 1.29 is 14.3 Å². The standard InChI is InChI=1S/C17H24FNO2/c1-12-9-13(6-7-15(12)18)10-19-8-4-5-14(11-19)17(2,3)16(20)21/h6-7,9,14H,4-5,8,10-11H2,1-3H3,(H,20,21). The van der Waals surface area contributed by atoms with Gasteiger partial charge in [0, 0.05) is 13.1 Å². The summed E-state index contributed by atoms with van der Waals surface area (Å²) in [5.41, 5.74) is 1.05. The van der Waals surface area contributed by atoms with Crippen LogP contribution in [0.1, 0.15) is 37.8 Å². The Morgan fingerprint density at radius 3 is 2.81 bits per heavy atom. The molecule has 1 aromatic carbocycles. The molecule has 0 aromatic heterocycles. The summed E-state index contributed by atoms with van der Waals surface area (Å²) in [5.74, 6) is -0.750. The number of nitrogens with zero attached hydrogens (tertiary/aromatic N) is 1. The van der Waals surface area contributed by atoms with Crippen molar-refractivity contribution in [2.45, 2.75) is 40.2 Å². The average molecular weight is 293 g/mol. The van der Waals surface area contributed by atoms with Gasteiger partial charge in [-0.25, -0.2) is 4.39 Å². The number of likely N-dealkylation sites (tertiary alicyclic amines) is 1. The maximum atomic E-state index is 13.3. The Balaban J connectivity index is 2.04. The number of piperidine rings is 1. The van der Waals surface area contributed by atoms with Gasteiger partial charge in [0.15, 0.2) is 0 Å². The number of hydrogen-bond acceptors (Lipinski definition) is 2. The van der Waals surface area contributed by atoms with E-state index < -0.39 is 11.4 Å². The summed E-state index contributed by atoms with van der Waals surface area (Å²) < 4.78 is 13.3. The normalized spacial score (nSPS) is 20.5. The second kappa shape index (κ2) is 6.14. The van der Waals surface area contributed by atoms with Gasteiger partial charge in [0.25, 0.3) is 0 Å². The van der Waals surface area contributed by atoms with E-state index >= 15 is 0 Å². The molecule has 1 aromatic rings. The first-order valence-electron chi connectivity index (χ1n) is 7.51. The summed E-state index contributed by atoms with van der Waals surface area (Å²) in [7, 11) is 0. The first-order chi connectivity index (χ1) is 9.80. The van der Waals surface area contributed by atoms with Crippen molar-refractivity contribution >= 4 is 5.97 Å². The van der Waals surface area contributed by atoms with Crippen LogP contribution >= 0.6 is 0 Å². The first-order valence-corrected chi connectivity index (χ1v) is 7.51. The Hall–Kier alpha value is -1.42. The van der Waals surface area contributed by atoms with E-state index in [1.807, 2.05) is 26.0 Å². The molecule has 1 unspecified atom stereocenters. The third-order valence-electron chi connectivity index (χ3n) is 4.71. The van der Waals surface area contributed by atoms with Crippen LogP contribution in [0.4, 0.5) is 4.39 Å². The van der Waals surface area contributed by atoms with E-state index in [1.54, 1.807) is 6.92 Å². The number of carboxylic acids is 1. The zero-order valence-electron chi connectivity index (χ0n) is 13.0. The van der Waals surface area contributed by atoms with E-state index in [0.29, 0.717) is 5.56 Å². The summed E-state index contributed by atoms with van der Waals surface area (Å²) in [4.78, 5) is 13.7. The molecule has 0 aliphatic carbocycles. The number of halogens is 1. The molecule has 0 saturated carbocycles. The van der Waals surface area contributed by atoms with Crippen molar-refractivity contribution in [3.05, 3.63) is 35.1 Å². The Bertz CT molecular complexity index is 528. The van der Waals surface area contributed by atoms with Crippen LogP contribution in [0.15, 0.2) is 18.2 Å². The second-order valence-corrected chi connectivity index (χ2v) is 6.68. The minimum absolute atomic E-state index is 0.158. The lowest BCUT2D eigenvalue weighted by atomic mass is 9.74. The molecular formula is C17H24FNO2. The van der Waals surface area contributed by atoms with E-state index in [4.69, 9.17) is 0 Å². The van der Waals surface area contributed by atoms with Crippen LogP contribution in [0.5, 0.6) is 0 Å². The molecule has 1 atom stereocenters. The molecule has 0 radical (unpaired) electrons. The Morgan fingerprint density at radius 1 is 1.48 bits per heavy atom. The van der Waals surface area contributed by atoms with Crippen LogP contribution in [0, 0.1) is 24.1 Å². The molecule has 21 heavy (non-hydrogen) atoms. The third-order valence-corrected chi connectivity index (χ3v) is 4.71. The fourth-order valence-corrected chi connectivity index (χ4v) is 3.03. The van der Waals surface area contributed by atoms with Crippen molar-refractivity contribution in [3.63, 3.8) is 0 Å². The van der Waals surface area contributed by atoms with Crippen LogP contribution in [0.25, 0.3) is 0 Å². The molecule has 4 heteroatoms. The third kappa shape index (κ3) is 3.62. The van der Waals surface area contributed by atoms with Gasteiger partial charge in [-0.15, -0.1) is 0 Å². The van der Waals surface area contributed by atoms with Crippen LogP contribution in [-0.4, -0.2) is 29.1 Å². The Kier molecular flexibility index (Phi) is 4.67. The molecule has 0 bridgehead atoms. The molecule has 1 fully saturated rings. The molecule has 1 heterocycles. The van der Waals surface area contributed by atoms with Gasteiger partial charge in [-0.3, -0.25) is 9.69 Å². The maximum absolute atomic E-state index is 13.3. The molecule has 116 valence electrons. The quantitative estimate of drug-likeness (QED) is 0.924. The minimum Gasteiger partial charge on any atom is -0.481 e. The molecule has 1 aliphatic heterocycles. The molecule has 0 amide bonds. The predicted molar refractivity (Wildman–Crippen MR) is 80.6 cm³/mol. The largest absolute Gasteiger partial charge is 0.481 e. The summed E-state index contributed by atoms with van der Waals surface area (Å²) in [5, 5.41) is 9.38. The molecule has 1 N–H and O–H groups in total. The second-order valence-electron chi connectivity index (χ2n) is 6.68. The lowest BCUT2D eigenvalue weighted by Crippen LogP contribution is -2.44. The van der Waals surface area contributed by atoms with Gasteiger partial charge in [-0.1, -0.05) is 12.1 Å². The summed E-state index contributed by atoms with van der Waals surface area (Å²) in [6.07, 6.45) is 1.97. The number of aliphatic carboxylic acids is 1. The number of rotatable bonds is 4. The van der Waals surface area contributed by atoms with Gasteiger partial charge in [0.05, 0.1) is 5.41 Å². The van der Waals surface area contributed by atoms with Crippen molar-refractivity contribution in [2.75, 3.05) is 13.1 Å². The zero-order chi connectivity index (χ0) is 15.6. The highest BCUT2D eigenvalue weighted by Gasteiger charge is 2.38. The highest BCUT2D eigenvalue weighted by atomic mass is 19.1. The zero-order valence-corrected chi connectivity index (χ0v) is 13.0. The van der Waals surface area contributed by atoms with E-state index in [0.717, 1.165) is 38.0 Å². The smallest absolute Gasteiger partial charge is 0.309 e. The van der Waals surface area contributed by atoms with Crippen molar-refractivity contribution in [2.24, 2.45) is 11.3 Å². The molecule has 0 spiro atoms. The van der Waals surface area contributed by atoms with E-state index in [1.165, 1.54) is 6.07 Å². The summed E-state index contributed by atoms with van der Waals surface area (Å²) in [6, 6.07) is 5.20. The van der Waals surface area contributed by atoms with Crippen molar-refractivity contribution in [1.29, 1.82) is 0 Å². The molecular weight excluding hydrogens is 269 g/mol. The Labute approximate surface area is 125 Å². The number of aryl methyl sites for hydroxylation is 1. The fraction of sp³-hybridized carbons (Fsp3) is 0.588. The number of benzene rings is 1. The highest BCUT2D eigenvalue weighted by molar-refractivity contribution is 5.74. The van der Waals surface area contributed by atoms with E-state index in [9.17, 15) is 14.3 Å². The van der Waals surface area contributed by atoms with Gasteiger partial charge < -0.3 is 5.11 Å². The molecule has 3 nitrogen and oxygen atoms in total. The summed E-state index contributed by atoms with van der Waals surface area (Å²) in [6.45, 7) is 7.91. The van der Waals surface area contributed by atoms with E-state index in [2.05, 4.69) is 4.90 Å². The van der Waals surface area contributed by atoms with Crippen LogP contribution < -0.4 is 0 Å². The Morgan fingerprint density at radius 2 is 2.19 bits per heavy atom. The van der Waals surface area contributed by atoms with Crippen molar-refractivity contribution in [1.82, 2.24) is 4.90 Å². The van der Waals surface area contributed by atoms with Gasteiger partial charge in [0.2, 0.25) is 0 Å². The number of carbonyl (C=O) groups is 1.